The summed E-state index contributed by atoms with van der Waals surface area (Å²) in [5, 5.41) is 10.2. The molecule has 6 nitrogen and oxygen atoms in total. The van der Waals surface area contributed by atoms with Gasteiger partial charge >= 0.3 is 11.3 Å². The zero-order valence-corrected chi connectivity index (χ0v) is 15.5. The van der Waals surface area contributed by atoms with Crippen LogP contribution in [0.1, 0.15) is 5.56 Å². The molecule has 3 aromatic carbocycles. The average Bonchev–Trinajstić information content (AvgIpc) is 3.07. The highest BCUT2D eigenvalue weighted by atomic mass is 16.4. The van der Waals surface area contributed by atoms with Gasteiger partial charge in [-0.2, -0.15) is 0 Å². The maximum atomic E-state index is 12.8. The van der Waals surface area contributed by atoms with Crippen LogP contribution in [0.2, 0.25) is 0 Å². The summed E-state index contributed by atoms with van der Waals surface area (Å²) in [6, 6.07) is 19.8. The molecule has 2 aromatic heterocycles. The van der Waals surface area contributed by atoms with E-state index in [9.17, 15) is 14.7 Å². The Balaban J connectivity index is 1.90. The minimum absolute atomic E-state index is 0.133. The fraction of sp³-hybridized carbons (Fsp3) is 0.0435. The predicted octanol–water partition coefficient (Wildman–Crippen LogP) is 4.11. The Bertz CT molecular complexity index is 1500. The zero-order chi connectivity index (χ0) is 20.1. The van der Waals surface area contributed by atoms with Crippen LogP contribution in [0.3, 0.4) is 0 Å². The first-order valence-electron chi connectivity index (χ1n) is 9.10. The second-order valence-electron chi connectivity index (χ2n) is 6.92. The molecule has 0 radical (unpaired) electrons. The molecule has 0 amide bonds. The highest BCUT2D eigenvalue weighted by Crippen LogP contribution is 2.30. The molecule has 0 fully saturated rings. The smallest absolute Gasteiger partial charge is 0.362 e. The van der Waals surface area contributed by atoms with Gasteiger partial charge in [-0.05, 0) is 53.9 Å². The molecule has 2 N–H and O–H groups in total. The normalized spacial score (nSPS) is 11.3. The number of hydrogen-bond acceptors (Lipinski definition) is 4. The molecule has 0 saturated carbocycles. The van der Waals surface area contributed by atoms with Crippen molar-refractivity contribution in [2.75, 3.05) is 0 Å². The van der Waals surface area contributed by atoms with Gasteiger partial charge < -0.3 is 9.52 Å². The van der Waals surface area contributed by atoms with Crippen molar-refractivity contribution in [2.24, 2.45) is 0 Å². The third-order valence-electron chi connectivity index (χ3n) is 5.09. The number of nitrogens with one attached hydrogen (secondary N) is 1. The number of aryl methyl sites for hydroxylation is 1. The first kappa shape index (κ1) is 17.1. The van der Waals surface area contributed by atoms with E-state index in [4.69, 9.17) is 4.42 Å². The van der Waals surface area contributed by atoms with E-state index in [-0.39, 0.29) is 11.3 Å². The summed E-state index contributed by atoms with van der Waals surface area (Å²) in [5.74, 6) is 0.182. The van der Waals surface area contributed by atoms with Crippen LogP contribution in [-0.2, 0) is 0 Å². The number of hydrogen-bond donors (Lipinski definition) is 2. The Hall–Kier alpha value is -4.06. The lowest BCUT2D eigenvalue weighted by Gasteiger charge is -2.09. The minimum Gasteiger partial charge on any atom is -0.508 e. The lowest BCUT2D eigenvalue weighted by Crippen LogP contribution is -2.15. The Morgan fingerprint density at radius 3 is 2.41 bits per heavy atom. The molecule has 0 spiro atoms. The molecule has 5 rings (SSSR count). The fourth-order valence-corrected chi connectivity index (χ4v) is 3.67. The molecule has 0 aliphatic heterocycles. The number of fused-ring (bicyclic) bond motifs is 3. The van der Waals surface area contributed by atoms with E-state index >= 15 is 0 Å². The number of nitrogens with zero attached hydrogens (tertiary/aromatic N) is 1. The van der Waals surface area contributed by atoms with Crippen LogP contribution in [0.25, 0.3) is 38.8 Å². The van der Waals surface area contributed by atoms with Crippen molar-refractivity contribution in [2.45, 2.75) is 6.92 Å². The summed E-state index contributed by atoms with van der Waals surface area (Å²) in [6.07, 6.45) is 0. The van der Waals surface area contributed by atoms with E-state index in [0.29, 0.717) is 22.2 Å². The lowest BCUT2D eigenvalue weighted by atomic mass is 10.0. The predicted molar refractivity (Wildman–Crippen MR) is 112 cm³/mol. The van der Waals surface area contributed by atoms with Crippen molar-refractivity contribution in [1.82, 2.24) is 9.55 Å². The first-order valence-corrected chi connectivity index (χ1v) is 9.10. The Labute approximate surface area is 164 Å². The third kappa shape index (κ3) is 2.65. The Kier molecular flexibility index (Phi) is 3.67. The quantitative estimate of drug-likeness (QED) is 0.449. The van der Waals surface area contributed by atoms with E-state index in [0.717, 1.165) is 16.7 Å². The second kappa shape index (κ2) is 6.24. The van der Waals surface area contributed by atoms with Crippen LogP contribution in [0.15, 0.2) is 80.7 Å². The largest absolute Gasteiger partial charge is 0.508 e. The van der Waals surface area contributed by atoms with E-state index in [1.54, 1.807) is 30.3 Å². The number of H-pyrrole nitrogens is 1. The number of aromatic nitrogens is 2. The number of rotatable bonds is 2. The van der Waals surface area contributed by atoms with Gasteiger partial charge in [0.1, 0.15) is 11.3 Å². The fourth-order valence-electron chi connectivity index (χ4n) is 3.67. The molecule has 0 saturated heterocycles. The molecule has 29 heavy (non-hydrogen) atoms. The van der Waals surface area contributed by atoms with Gasteiger partial charge in [0.25, 0.3) is 0 Å². The second-order valence-corrected chi connectivity index (χ2v) is 6.92. The van der Waals surface area contributed by atoms with Gasteiger partial charge in [0, 0.05) is 5.39 Å². The topological polar surface area (TPSA) is 88.2 Å². The zero-order valence-electron chi connectivity index (χ0n) is 15.5. The van der Waals surface area contributed by atoms with Gasteiger partial charge in [0.2, 0.25) is 0 Å². The summed E-state index contributed by atoms with van der Waals surface area (Å²) < 4.78 is 6.96. The van der Waals surface area contributed by atoms with Crippen molar-refractivity contribution < 1.29 is 9.52 Å². The number of imidazole rings is 1. The molecular formula is C23H16N2O4. The van der Waals surface area contributed by atoms with Crippen LogP contribution < -0.4 is 11.3 Å². The van der Waals surface area contributed by atoms with Crippen LogP contribution in [-0.4, -0.2) is 14.7 Å². The molecule has 6 heteroatoms. The summed E-state index contributed by atoms with van der Waals surface area (Å²) in [5.41, 5.74) is 3.40. The molecule has 0 bridgehead atoms. The maximum Gasteiger partial charge on any atom is 0.362 e. The molecule has 0 aliphatic rings. The van der Waals surface area contributed by atoms with E-state index < -0.39 is 11.3 Å². The SMILES string of the molecule is Cc1ccccc1-n1c(=O)[nH]c2c(=O)oc3ccc(-c4ccc(O)cc4)cc3c21. The number of phenols is 1. The first-order chi connectivity index (χ1) is 14.0. The number of aromatic hydroxyl groups is 1. The molecular weight excluding hydrogens is 368 g/mol. The average molecular weight is 384 g/mol. The van der Waals surface area contributed by atoms with Crippen molar-refractivity contribution >= 4 is 22.0 Å². The van der Waals surface area contributed by atoms with E-state index in [1.165, 1.54) is 4.57 Å². The van der Waals surface area contributed by atoms with Crippen molar-refractivity contribution in [3.05, 3.63) is 93.2 Å². The molecule has 2 heterocycles. The van der Waals surface area contributed by atoms with Crippen LogP contribution in [0, 0.1) is 6.92 Å². The van der Waals surface area contributed by atoms with Crippen molar-refractivity contribution in [1.29, 1.82) is 0 Å². The molecule has 5 aromatic rings. The maximum absolute atomic E-state index is 12.8. The van der Waals surface area contributed by atoms with Gasteiger partial charge in [-0.15, -0.1) is 0 Å². The van der Waals surface area contributed by atoms with Crippen molar-refractivity contribution in [3.8, 4) is 22.6 Å². The van der Waals surface area contributed by atoms with Crippen LogP contribution in [0.5, 0.6) is 5.75 Å². The number of phenolic OH excluding ortho intramolecular Hbond substituents is 1. The van der Waals surface area contributed by atoms with Gasteiger partial charge in [-0.25, -0.2) is 9.59 Å². The standard InChI is InChI=1S/C23H16N2O4/c1-13-4-2-3-5-18(13)25-21-17-12-15(14-6-9-16(26)10-7-14)8-11-19(17)29-22(27)20(21)24-23(25)28/h2-12,26H,1H3,(H,24,28). The Morgan fingerprint density at radius 1 is 0.931 bits per heavy atom. The van der Waals surface area contributed by atoms with E-state index in [1.807, 2.05) is 43.3 Å². The number of para-hydroxylation sites is 1. The van der Waals surface area contributed by atoms with E-state index in [2.05, 4.69) is 4.98 Å². The Morgan fingerprint density at radius 2 is 1.66 bits per heavy atom. The monoisotopic (exact) mass is 384 g/mol. The van der Waals surface area contributed by atoms with Crippen LogP contribution >= 0.6 is 0 Å². The third-order valence-corrected chi connectivity index (χ3v) is 5.09. The summed E-state index contributed by atoms with van der Waals surface area (Å²) in [6.45, 7) is 1.91. The molecule has 0 aliphatic carbocycles. The molecule has 0 unspecified atom stereocenters. The summed E-state index contributed by atoms with van der Waals surface area (Å²) in [4.78, 5) is 27.9. The van der Waals surface area contributed by atoms with Gasteiger partial charge in [-0.3, -0.25) is 9.55 Å². The number of aromatic amines is 1. The molecule has 0 atom stereocenters. The van der Waals surface area contributed by atoms with Gasteiger partial charge in [-0.1, -0.05) is 36.4 Å². The summed E-state index contributed by atoms with van der Waals surface area (Å²) >= 11 is 0. The lowest BCUT2D eigenvalue weighted by molar-refractivity contribution is 0.475. The van der Waals surface area contributed by atoms with Gasteiger partial charge in [0.05, 0.1) is 11.2 Å². The number of benzene rings is 3. The van der Waals surface area contributed by atoms with Crippen molar-refractivity contribution in [3.63, 3.8) is 0 Å². The minimum atomic E-state index is -0.589. The highest BCUT2D eigenvalue weighted by molar-refractivity contribution is 6.03. The summed E-state index contributed by atoms with van der Waals surface area (Å²) in [7, 11) is 0. The van der Waals surface area contributed by atoms with Crippen LogP contribution in [0.4, 0.5) is 0 Å². The molecule has 142 valence electrons. The highest BCUT2D eigenvalue weighted by Gasteiger charge is 2.18. The van der Waals surface area contributed by atoms with Gasteiger partial charge in [0.15, 0.2) is 5.52 Å².